The number of nitrogens with zero attached hydrogens (tertiary/aromatic N) is 1. The molecular weight excluding hydrogens is 351 g/mol. The number of hydrogen-bond donors (Lipinski definition) is 2. The molecule has 130 valence electrons. The normalized spacial score (nSPS) is 10.8. The molecule has 0 saturated heterocycles. The summed E-state index contributed by atoms with van der Waals surface area (Å²) < 4.78 is 5.11. The molecule has 0 aliphatic rings. The highest BCUT2D eigenvalue weighted by atomic mass is 35.5. The summed E-state index contributed by atoms with van der Waals surface area (Å²) in [6, 6.07) is 3.47. The van der Waals surface area contributed by atoms with Crippen LogP contribution in [0, 0.1) is 0 Å². The van der Waals surface area contributed by atoms with Crippen molar-refractivity contribution in [2.75, 3.05) is 25.1 Å². The Labute approximate surface area is 150 Å². The van der Waals surface area contributed by atoms with E-state index in [1.54, 1.807) is 19.1 Å². The smallest absolute Gasteiger partial charge is 0.341 e. The predicted octanol–water partition coefficient (Wildman–Crippen LogP) is 4.29. The van der Waals surface area contributed by atoms with Gasteiger partial charge in [-0.05, 0) is 38.3 Å². The zero-order valence-electron chi connectivity index (χ0n) is 13.4. The number of aliphatic hydroxyl groups is 1. The number of anilines is 1. The number of aliphatic hydroxyl groups excluding tert-OH is 1. The number of rotatable bonds is 8. The van der Waals surface area contributed by atoms with E-state index in [1.165, 1.54) is 6.20 Å². The van der Waals surface area contributed by atoms with Crippen molar-refractivity contribution in [3.63, 3.8) is 0 Å². The van der Waals surface area contributed by atoms with Gasteiger partial charge in [-0.15, -0.1) is 0 Å². The summed E-state index contributed by atoms with van der Waals surface area (Å²) in [4.78, 5) is 16.5. The van der Waals surface area contributed by atoms with E-state index in [4.69, 9.17) is 33.0 Å². The Hall–Kier alpha value is -1.56. The Morgan fingerprint density at radius 3 is 2.79 bits per heavy atom. The van der Waals surface area contributed by atoms with Crippen molar-refractivity contribution >= 4 is 45.8 Å². The van der Waals surface area contributed by atoms with Crippen LogP contribution in [0.5, 0.6) is 0 Å². The van der Waals surface area contributed by atoms with Gasteiger partial charge in [0.05, 0.1) is 27.9 Å². The third-order valence-electron chi connectivity index (χ3n) is 3.56. The molecule has 7 heteroatoms. The molecule has 1 aromatic heterocycles. The van der Waals surface area contributed by atoms with Crippen LogP contribution in [-0.2, 0) is 4.74 Å². The summed E-state index contributed by atoms with van der Waals surface area (Å²) >= 11 is 12.3. The molecule has 0 bridgehead atoms. The van der Waals surface area contributed by atoms with Crippen LogP contribution >= 0.6 is 23.2 Å². The second-order valence-corrected chi connectivity index (χ2v) is 6.02. The van der Waals surface area contributed by atoms with Gasteiger partial charge in [-0.1, -0.05) is 23.2 Å². The maximum Gasteiger partial charge on any atom is 0.341 e. The largest absolute Gasteiger partial charge is 0.462 e. The predicted molar refractivity (Wildman–Crippen MR) is 97.1 cm³/mol. The number of unbranched alkanes of at least 4 members (excludes halogenated alkanes) is 2. The first-order chi connectivity index (χ1) is 11.6. The number of fused-ring (bicyclic) bond motifs is 1. The Kier molecular flexibility index (Phi) is 7.09. The van der Waals surface area contributed by atoms with E-state index in [0.717, 1.165) is 24.6 Å². The standard InChI is InChI=1S/C17H20Cl2N2O3/c1-2-24-17(23)12-10-21-16-11(6-7-13(18)14(16)19)15(12)20-8-4-3-5-9-22/h6-7,10,22H,2-5,8-9H2,1H3,(H,20,21). The molecule has 0 aliphatic carbocycles. The minimum Gasteiger partial charge on any atom is -0.462 e. The van der Waals surface area contributed by atoms with Gasteiger partial charge in [0.1, 0.15) is 5.56 Å². The van der Waals surface area contributed by atoms with Gasteiger partial charge in [-0.2, -0.15) is 0 Å². The molecular formula is C17H20Cl2N2O3. The van der Waals surface area contributed by atoms with Gasteiger partial charge in [0.2, 0.25) is 0 Å². The highest BCUT2D eigenvalue weighted by Gasteiger charge is 2.18. The van der Waals surface area contributed by atoms with Crippen LogP contribution in [0.3, 0.4) is 0 Å². The molecule has 0 saturated carbocycles. The molecule has 2 aromatic rings. The monoisotopic (exact) mass is 370 g/mol. The van der Waals surface area contributed by atoms with Gasteiger partial charge >= 0.3 is 5.97 Å². The van der Waals surface area contributed by atoms with Crippen LogP contribution in [-0.4, -0.2) is 35.8 Å². The minimum atomic E-state index is -0.434. The average molecular weight is 371 g/mol. The van der Waals surface area contributed by atoms with Crippen molar-refractivity contribution in [1.82, 2.24) is 4.98 Å². The maximum absolute atomic E-state index is 12.2. The lowest BCUT2D eigenvalue weighted by Gasteiger charge is -2.15. The first kappa shape index (κ1) is 18.8. The lowest BCUT2D eigenvalue weighted by Crippen LogP contribution is -2.12. The summed E-state index contributed by atoms with van der Waals surface area (Å²) in [6.07, 6.45) is 3.98. The van der Waals surface area contributed by atoms with E-state index in [1.807, 2.05) is 0 Å². The fraction of sp³-hybridized carbons (Fsp3) is 0.412. The first-order valence-corrected chi connectivity index (χ1v) is 8.64. The van der Waals surface area contributed by atoms with Crippen molar-refractivity contribution in [2.45, 2.75) is 26.2 Å². The quantitative estimate of drug-likeness (QED) is 0.535. The van der Waals surface area contributed by atoms with Crippen molar-refractivity contribution < 1.29 is 14.6 Å². The fourth-order valence-electron chi connectivity index (χ4n) is 2.39. The zero-order valence-corrected chi connectivity index (χ0v) is 15.0. The lowest BCUT2D eigenvalue weighted by molar-refractivity contribution is 0.0527. The molecule has 2 N–H and O–H groups in total. The van der Waals surface area contributed by atoms with E-state index >= 15 is 0 Å². The number of pyridine rings is 1. The number of carbonyl (C=O) groups is 1. The molecule has 0 radical (unpaired) electrons. The summed E-state index contributed by atoms with van der Waals surface area (Å²) in [6.45, 7) is 2.88. The zero-order chi connectivity index (χ0) is 17.5. The Morgan fingerprint density at radius 1 is 1.29 bits per heavy atom. The van der Waals surface area contributed by atoms with E-state index in [-0.39, 0.29) is 13.2 Å². The summed E-state index contributed by atoms with van der Waals surface area (Å²) in [7, 11) is 0. The van der Waals surface area contributed by atoms with Gasteiger partial charge in [0.15, 0.2) is 0 Å². The summed E-state index contributed by atoms with van der Waals surface area (Å²) in [5, 5.41) is 13.6. The van der Waals surface area contributed by atoms with E-state index in [2.05, 4.69) is 10.3 Å². The summed E-state index contributed by atoms with van der Waals surface area (Å²) in [5.74, 6) is -0.434. The molecule has 5 nitrogen and oxygen atoms in total. The summed E-state index contributed by atoms with van der Waals surface area (Å²) in [5.41, 5.74) is 1.54. The fourth-order valence-corrected chi connectivity index (χ4v) is 2.75. The average Bonchev–Trinajstić information content (AvgIpc) is 2.58. The number of halogens is 2. The second-order valence-electron chi connectivity index (χ2n) is 5.24. The topological polar surface area (TPSA) is 71.5 Å². The third kappa shape index (κ3) is 4.29. The van der Waals surface area contributed by atoms with E-state index in [0.29, 0.717) is 33.4 Å². The number of hydrogen-bond acceptors (Lipinski definition) is 5. The van der Waals surface area contributed by atoms with Crippen LogP contribution in [0.15, 0.2) is 18.3 Å². The van der Waals surface area contributed by atoms with Crippen molar-refractivity contribution in [3.8, 4) is 0 Å². The van der Waals surface area contributed by atoms with Crippen molar-refractivity contribution in [2.24, 2.45) is 0 Å². The van der Waals surface area contributed by atoms with E-state index < -0.39 is 5.97 Å². The Bertz CT molecular complexity index is 723. The van der Waals surface area contributed by atoms with Crippen molar-refractivity contribution in [1.29, 1.82) is 0 Å². The van der Waals surface area contributed by atoms with Crippen LogP contribution in [0.4, 0.5) is 5.69 Å². The molecule has 2 rings (SSSR count). The van der Waals surface area contributed by atoms with Gasteiger partial charge in [-0.3, -0.25) is 4.98 Å². The third-order valence-corrected chi connectivity index (χ3v) is 4.36. The Morgan fingerprint density at radius 2 is 2.08 bits per heavy atom. The molecule has 0 fully saturated rings. The second kappa shape index (κ2) is 9.06. The molecule has 0 atom stereocenters. The highest BCUT2D eigenvalue weighted by molar-refractivity contribution is 6.45. The molecule has 0 aliphatic heterocycles. The maximum atomic E-state index is 12.2. The van der Waals surface area contributed by atoms with Gasteiger partial charge in [-0.25, -0.2) is 4.79 Å². The minimum absolute atomic E-state index is 0.181. The van der Waals surface area contributed by atoms with Gasteiger partial charge in [0.25, 0.3) is 0 Å². The Balaban J connectivity index is 2.38. The lowest BCUT2D eigenvalue weighted by atomic mass is 10.1. The number of ether oxygens (including phenoxy) is 1. The molecule has 1 heterocycles. The molecule has 0 unspecified atom stereocenters. The van der Waals surface area contributed by atoms with Gasteiger partial charge in [0, 0.05) is 24.7 Å². The first-order valence-electron chi connectivity index (χ1n) is 7.88. The van der Waals surface area contributed by atoms with Crippen molar-refractivity contribution in [3.05, 3.63) is 33.9 Å². The molecule has 24 heavy (non-hydrogen) atoms. The molecule has 0 amide bonds. The number of esters is 1. The number of benzene rings is 1. The molecule has 1 aromatic carbocycles. The van der Waals surface area contributed by atoms with Crippen LogP contribution in [0.25, 0.3) is 10.9 Å². The number of nitrogens with one attached hydrogen (secondary N) is 1. The number of aromatic nitrogens is 1. The van der Waals surface area contributed by atoms with Crippen LogP contribution < -0.4 is 5.32 Å². The van der Waals surface area contributed by atoms with Crippen LogP contribution in [0.1, 0.15) is 36.5 Å². The molecule has 0 spiro atoms. The number of carbonyl (C=O) groups excluding carboxylic acids is 1. The highest BCUT2D eigenvalue weighted by Crippen LogP contribution is 2.34. The van der Waals surface area contributed by atoms with Gasteiger partial charge < -0.3 is 15.2 Å². The van der Waals surface area contributed by atoms with E-state index in [9.17, 15) is 4.79 Å². The van der Waals surface area contributed by atoms with Crippen LogP contribution in [0.2, 0.25) is 10.0 Å². The SMILES string of the molecule is CCOC(=O)c1cnc2c(Cl)c(Cl)ccc2c1NCCCCCO.